The summed E-state index contributed by atoms with van der Waals surface area (Å²) < 4.78 is 1.95. The van der Waals surface area contributed by atoms with Gasteiger partial charge in [0.05, 0.1) is 12.3 Å². The van der Waals surface area contributed by atoms with Crippen molar-refractivity contribution in [2.24, 2.45) is 0 Å². The Morgan fingerprint density at radius 1 is 1.33 bits per heavy atom. The van der Waals surface area contributed by atoms with Gasteiger partial charge in [0.25, 0.3) is 0 Å². The first kappa shape index (κ1) is 12.9. The van der Waals surface area contributed by atoms with Gasteiger partial charge in [-0.05, 0) is 18.7 Å². The summed E-state index contributed by atoms with van der Waals surface area (Å²) in [5.41, 5.74) is 8.44. The third kappa shape index (κ3) is 3.00. The lowest BCUT2D eigenvalue weighted by Crippen LogP contribution is -2.28. The molecule has 3 N–H and O–H groups in total. The number of rotatable bonds is 6. The molecule has 0 radical (unpaired) electrons. The molecule has 5 heteroatoms. The lowest BCUT2D eigenvalue weighted by Gasteiger charge is -2.17. The zero-order valence-corrected chi connectivity index (χ0v) is 10.7. The fraction of sp³-hybridized carbons (Fsp3) is 0.462. The molecule has 0 aliphatic heterocycles. The fourth-order valence-electron chi connectivity index (χ4n) is 2.02. The maximum Gasteiger partial charge on any atom is 0.137 e. The molecule has 2 rings (SSSR count). The fourth-order valence-corrected chi connectivity index (χ4v) is 2.02. The summed E-state index contributed by atoms with van der Waals surface area (Å²) in [7, 11) is 0. The molecule has 0 saturated heterocycles. The lowest BCUT2D eigenvalue weighted by molar-refractivity contribution is 0.203. The number of aromatic nitrogens is 2. The Morgan fingerprint density at radius 3 is 2.89 bits per heavy atom. The minimum absolute atomic E-state index is 0.204. The van der Waals surface area contributed by atoms with E-state index in [9.17, 15) is 0 Å². The molecule has 18 heavy (non-hydrogen) atoms. The van der Waals surface area contributed by atoms with Gasteiger partial charge >= 0.3 is 0 Å². The summed E-state index contributed by atoms with van der Waals surface area (Å²) in [5, 5.41) is 8.93. The van der Waals surface area contributed by atoms with Crippen LogP contribution in [0.3, 0.4) is 0 Å². The third-order valence-electron chi connectivity index (χ3n) is 3.07. The lowest BCUT2D eigenvalue weighted by atomic mass is 10.3. The highest BCUT2D eigenvalue weighted by Gasteiger charge is 2.05. The van der Waals surface area contributed by atoms with Gasteiger partial charge in [-0.3, -0.25) is 0 Å². The van der Waals surface area contributed by atoms with Crippen molar-refractivity contribution in [3.05, 3.63) is 30.2 Å². The standard InChI is InChI=1S/C13H20N4O/c1-2-16(7-8-18)6-5-12-10-17-9-11(14)3-4-13(17)15-12/h3-4,9-10,18H,2,5-8,14H2,1H3. The van der Waals surface area contributed by atoms with Gasteiger partial charge < -0.3 is 20.1 Å². The quantitative estimate of drug-likeness (QED) is 0.792. The third-order valence-corrected chi connectivity index (χ3v) is 3.07. The monoisotopic (exact) mass is 248 g/mol. The summed E-state index contributed by atoms with van der Waals surface area (Å²) in [6.07, 6.45) is 4.77. The molecule has 0 atom stereocenters. The van der Waals surface area contributed by atoms with Gasteiger partial charge in [-0.2, -0.15) is 0 Å². The van der Waals surface area contributed by atoms with Crippen LogP contribution in [0.15, 0.2) is 24.5 Å². The highest BCUT2D eigenvalue weighted by molar-refractivity contribution is 5.48. The molecule has 0 spiro atoms. The Morgan fingerprint density at radius 2 is 2.17 bits per heavy atom. The number of fused-ring (bicyclic) bond motifs is 1. The smallest absolute Gasteiger partial charge is 0.137 e. The van der Waals surface area contributed by atoms with E-state index in [0.29, 0.717) is 0 Å². The highest BCUT2D eigenvalue weighted by Crippen LogP contribution is 2.09. The van der Waals surface area contributed by atoms with Crippen molar-refractivity contribution < 1.29 is 5.11 Å². The van der Waals surface area contributed by atoms with Crippen molar-refractivity contribution in [3.63, 3.8) is 0 Å². The van der Waals surface area contributed by atoms with Gasteiger partial charge in [0.1, 0.15) is 5.65 Å². The maximum atomic E-state index is 8.93. The summed E-state index contributed by atoms with van der Waals surface area (Å²) in [6.45, 7) is 4.88. The summed E-state index contributed by atoms with van der Waals surface area (Å²) in [4.78, 5) is 6.75. The molecule has 0 fully saturated rings. The number of hydrogen-bond acceptors (Lipinski definition) is 4. The Balaban J connectivity index is 2.03. The largest absolute Gasteiger partial charge is 0.398 e. The van der Waals surface area contributed by atoms with Crippen LogP contribution in [0.4, 0.5) is 5.69 Å². The first-order chi connectivity index (χ1) is 8.72. The van der Waals surface area contributed by atoms with E-state index < -0.39 is 0 Å². The number of nitrogens with two attached hydrogens (primary N) is 1. The molecule has 98 valence electrons. The molecule has 0 unspecified atom stereocenters. The molecule has 0 aliphatic rings. The van der Waals surface area contributed by atoms with E-state index in [1.165, 1.54) is 0 Å². The first-order valence-electron chi connectivity index (χ1n) is 6.29. The Labute approximate surface area is 107 Å². The van der Waals surface area contributed by atoms with Crippen LogP contribution in [0.25, 0.3) is 5.65 Å². The van der Waals surface area contributed by atoms with Crippen LogP contribution in [0, 0.1) is 0 Å². The number of aliphatic hydroxyl groups is 1. The van der Waals surface area contributed by atoms with Crippen molar-refractivity contribution in [2.75, 3.05) is 32.0 Å². The minimum Gasteiger partial charge on any atom is -0.398 e. The predicted molar refractivity (Wildman–Crippen MR) is 72.5 cm³/mol. The predicted octanol–water partition coefficient (Wildman–Crippen LogP) is 0.773. The van der Waals surface area contributed by atoms with Crippen LogP contribution in [0.2, 0.25) is 0 Å². The topological polar surface area (TPSA) is 66.8 Å². The van der Waals surface area contributed by atoms with Gasteiger partial charge in [-0.25, -0.2) is 4.98 Å². The van der Waals surface area contributed by atoms with E-state index >= 15 is 0 Å². The number of nitrogens with zero attached hydrogens (tertiary/aromatic N) is 3. The van der Waals surface area contributed by atoms with Crippen molar-refractivity contribution in [1.29, 1.82) is 0 Å². The van der Waals surface area contributed by atoms with Crippen molar-refractivity contribution in [2.45, 2.75) is 13.3 Å². The SMILES string of the molecule is CCN(CCO)CCc1cn2cc(N)ccc2n1. The molecule has 0 bridgehead atoms. The van der Waals surface area contributed by atoms with E-state index in [1.807, 2.05) is 28.9 Å². The number of likely N-dealkylation sites (N-methyl/N-ethyl adjacent to an activating group) is 1. The zero-order valence-electron chi connectivity index (χ0n) is 10.7. The second-order valence-electron chi connectivity index (χ2n) is 4.37. The minimum atomic E-state index is 0.204. The number of aliphatic hydroxyl groups excluding tert-OH is 1. The van der Waals surface area contributed by atoms with Crippen LogP contribution in [-0.2, 0) is 6.42 Å². The average Bonchev–Trinajstić information content (AvgIpc) is 2.76. The van der Waals surface area contributed by atoms with E-state index in [1.54, 1.807) is 0 Å². The Hall–Kier alpha value is -1.59. The number of nitrogen functional groups attached to an aromatic ring is 1. The van der Waals surface area contributed by atoms with Gasteiger partial charge in [0.15, 0.2) is 0 Å². The first-order valence-corrected chi connectivity index (χ1v) is 6.29. The zero-order chi connectivity index (χ0) is 13.0. The molecule has 2 aromatic heterocycles. The van der Waals surface area contributed by atoms with Gasteiger partial charge in [0.2, 0.25) is 0 Å². The van der Waals surface area contributed by atoms with Gasteiger partial charge in [-0.15, -0.1) is 0 Å². The molecule has 0 aliphatic carbocycles. The van der Waals surface area contributed by atoms with Crippen LogP contribution >= 0.6 is 0 Å². The molecular formula is C13H20N4O. The van der Waals surface area contributed by atoms with E-state index in [4.69, 9.17) is 10.8 Å². The maximum absolute atomic E-state index is 8.93. The molecule has 0 aromatic carbocycles. The summed E-state index contributed by atoms with van der Waals surface area (Å²) >= 11 is 0. The molecule has 0 amide bonds. The van der Waals surface area contributed by atoms with Crippen molar-refractivity contribution in [3.8, 4) is 0 Å². The molecule has 2 aromatic rings. The highest BCUT2D eigenvalue weighted by atomic mass is 16.3. The molecular weight excluding hydrogens is 228 g/mol. The average molecular weight is 248 g/mol. The molecule has 5 nitrogen and oxygen atoms in total. The van der Waals surface area contributed by atoms with Crippen molar-refractivity contribution in [1.82, 2.24) is 14.3 Å². The number of pyridine rings is 1. The second-order valence-corrected chi connectivity index (χ2v) is 4.37. The normalized spacial score (nSPS) is 11.5. The van der Waals surface area contributed by atoms with E-state index in [2.05, 4.69) is 16.8 Å². The number of hydrogen-bond donors (Lipinski definition) is 2. The number of anilines is 1. The Bertz CT molecular complexity index is 509. The Kier molecular flexibility index (Phi) is 4.17. The van der Waals surface area contributed by atoms with Gasteiger partial charge in [0, 0.05) is 37.6 Å². The van der Waals surface area contributed by atoms with E-state index in [0.717, 1.165) is 43.1 Å². The summed E-state index contributed by atoms with van der Waals surface area (Å²) in [6, 6.07) is 3.78. The van der Waals surface area contributed by atoms with Crippen LogP contribution in [-0.4, -0.2) is 45.6 Å². The molecule has 0 saturated carbocycles. The second kappa shape index (κ2) is 5.84. The molecule has 2 heterocycles. The van der Waals surface area contributed by atoms with Crippen LogP contribution < -0.4 is 5.73 Å². The van der Waals surface area contributed by atoms with Crippen LogP contribution in [0.1, 0.15) is 12.6 Å². The van der Waals surface area contributed by atoms with Crippen LogP contribution in [0.5, 0.6) is 0 Å². The van der Waals surface area contributed by atoms with Gasteiger partial charge in [-0.1, -0.05) is 6.92 Å². The summed E-state index contributed by atoms with van der Waals surface area (Å²) in [5.74, 6) is 0. The van der Waals surface area contributed by atoms with Crippen molar-refractivity contribution >= 4 is 11.3 Å². The van der Waals surface area contributed by atoms with E-state index in [-0.39, 0.29) is 6.61 Å². The number of imidazole rings is 1.